The summed E-state index contributed by atoms with van der Waals surface area (Å²) in [6.07, 6.45) is 0. The van der Waals surface area contributed by atoms with Crippen molar-refractivity contribution < 1.29 is 4.79 Å². The van der Waals surface area contributed by atoms with Crippen LogP contribution in [0.5, 0.6) is 0 Å². The maximum absolute atomic E-state index is 12.5. The summed E-state index contributed by atoms with van der Waals surface area (Å²) in [6, 6.07) is 7.68. The Kier molecular flexibility index (Phi) is 4.74. The van der Waals surface area contributed by atoms with E-state index in [1.165, 1.54) is 0 Å². The first kappa shape index (κ1) is 16.1. The Bertz CT molecular complexity index is 702. The molecule has 2 aromatic rings. The number of nitrogens with one attached hydrogen (secondary N) is 1. The number of aryl methyl sites for hydroxylation is 4. The molecular weight excluding hydrogens is 350 g/mol. The van der Waals surface area contributed by atoms with Gasteiger partial charge in [0, 0.05) is 15.1 Å². The Morgan fingerprint density at radius 3 is 2.14 bits per heavy atom. The summed E-state index contributed by atoms with van der Waals surface area (Å²) < 4.78 is 0.820. The molecule has 2 rings (SSSR count). The Balaban J connectivity index is 2.37. The van der Waals surface area contributed by atoms with Gasteiger partial charge in [-0.05, 0) is 72.4 Å². The third-order valence-corrected chi connectivity index (χ3v) is 4.46. The molecule has 0 aliphatic rings. The largest absolute Gasteiger partial charge is 0.321 e. The van der Waals surface area contributed by atoms with Gasteiger partial charge in [0.25, 0.3) is 5.91 Å². The molecule has 1 amide bonds. The van der Waals surface area contributed by atoms with E-state index in [2.05, 4.69) is 21.2 Å². The molecule has 0 saturated carbocycles. The first-order valence-electron chi connectivity index (χ1n) is 6.64. The normalized spacial score (nSPS) is 10.6. The number of anilines is 1. The van der Waals surface area contributed by atoms with Crippen molar-refractivity contribution in [2.75, 3.05) is 5.32 Å². The summed E-state index contributed by atoms with van der Waals surface area (Å²) in [7, 11) is 0. The summed E-state index contributed by atoms with van der Waals surface area (Å²) >= 11 is 9.58. The molecule has 0 aliphatic carbocycles. The number of halogens is 2. The van der Waals surface area contributed by atoms with Crippen molar-refractivity contribution in [3.63, 3.8) is 0 Å². The second-order valence-electron chi connectivity index (χ2n) is 5.31. The Labute approximate surface area is 138 Å². The SMILES string of the molecule is Cc1cc(C)c(C(=O)Nc2cc(Cl)c(C)cc2Br)c(C)c1. The monoisotopic (exact) mass is 365 g/mol. The molecule has 2 aromatic carbocycles. The minimum atomic E-state index is -0.120. The summed E-state index contributed by atoms with van der Waals surface area (Å²) in [5.41, 5.74) is 5.45. The molecule has 0 aliphatic heterocycles. The fourth-order valence-corrected chi connectivity index (χ4v) is 3.19. The molecule has 21 heavy (non-hydrogen) atoms. The number of hydrogen-bond donors (Lipinski definition) is 1. The van der Waals surface area contributed by atoms with E-state index in [-0.39, 0.29) is 5.91 Å². The fraction of sp³-hybridized carbons (Fsp3) is 0.235. The molecule has 0 unspecified atom stereocenters. The standard InChI is InChI=1S/C17H17BrClNO/c1-9-5-11(3)16(12(4)6-9)17(21)20-15-8-14(19)10(2)7-13(15)18/h5-8H,1-4H3,(H,20,21). The van der Waals surface area contributed by atoms with Gasteiger partial charge < -0.3 is 5.32 Å². The van der Waals surface area contributed by atoms with Gasteiger partial charge in [-0.15, -0.1) is 0 Å². The quantitative estimate of drug-likeness (QED) is 0.737. The highest BCUT2D eigenvalue weighted by Gasteiger charge is 2.15. The topological polar surface area (TPSA) is 29.1 Å². The molecular formula is C17H17BrClNO. The number of rotatable bonds is 2. The first-order chi connectivity index (χ1) is 9.79. The van der Waals surface area contributed by atoms with Crippen LogP contribution >= 0.6 is 27.5 Å². The molecule has 2 nitrogen and oxygen atoms in total. The number of hydrogen-bond acceptors (Lipinski definition) is 1. The highest BCUT2D eigenvalue weighted by atomic mass is 79.9. The van der Waals surface area contributed by atoms with Gasteiger partial charge in [-0.1, -0.05) is 29.3 Å². The zero-order chi connectivity index (χ0) is 15.7. The van der Waals surface area contributed by atoms with Gasteiger partial charge in [-0.25, -0.2) is 0 Å². The zero-order valence-corrected chi connectivity index (χ0v) is 14.8. The lowest BCUT2D eigenvalue weighted by Gasteiger charge is -2.13. The van der Waals surface area contributed by atoms with Crippen molar-refractivity contribution in [3.8, 4) is 0 Å². The summed E-state index contributed by atoms with van der Waals surface area (Å²) in [5.74, 6) is -0.120. The van der Waals surface area contributed by atoms with Crippen molar-refractivity contribution in [2.45, 2.75) is 27.7 Å². The summed E-state index contributed by atoms with van der Waals surface area (Å²) in [4.78, 5) is 12.5. The lowest BCUT2D eigenvalue weighted by atomic mass is 9.99. The van der Waals surface area contributed by atoms with Gasteiger partial charge in [0.1, 0.15) is 0 Å². The molecule has 110 valence electrons. The molecule has 0 spiro atoms. The average Bonchev–Trinajstić information content (AvgIpc) is 2.34. The minimum Gasteiger partial charge on any atom is -0.321 e. The predicted octanol–water partition coefficient (Wildman–Crippen LogP) is 5.59. The molecule has 4 heteroatoms. The molecule has 1 N–H and O–H groups in total. The number of carbonyl (C=O) groups excluding carboxylic acids is 1. The van der Waals surface area contributed by atoms with Gasteiger partial charge in [0.05, 0.1) is 5.69 Å². The van der Waals surface area contributed by atoms with Crippen LogP contribution in [0.4, 0.5) is 5.69 Å². The third kappa shape index (κ3) is 3.47. The highest BCUT2D eigenvalue weighted by molar-refractivity contribution is 9.10. The smallest absolute Gasteiger partial charge is 0.256 e. The zero-order valence-electron chi connectivity index (χ0n) is 12.5. The van der Waals surface area contributed by atoms with E-state index in [4.69, 9.17) is 11.6 Å². The van der Waals surface area contributed by atoms with E-state index in [0.717, 1.165) is 26.7 Å². The second-order valence-corrected chi connectivity index (χ2v) is 6.57. The maximum Gasteiger partial charge on any atom is 0.256 e. The van der Waals surface area contributed by atoms with E-state index in [0.29, 0.717) is 16.3 Å². The predicted molar refractivity (Wildman–Crippen MR) is 92.5 cm³/mol. The lowest BCUT2D eigenvalue weighted by Crippen LogP contribution is -2.15. The van der Waals surface area contributed by atoms with Crippen LogP contribution in [0.2, 0.25) is 5.02 Å². The first-order valence-corrected chi connectivity index (χ1v) is 7.81. The molecule has 0 heterocycles. The third-order valence-electron chi connectivity index (χ3n) is 3.40. The van der Waals surface area contributed by atoms with Crippen LogP contribution < -0.4 is 5.32 Å². The van der Waals surface area contributed by atoms with Gasteiger partial charge in [0.2, 0.25) is 0 Å². The van der Waals surface area contributed by atoms with Crippen molar-refractivity contribution in [3.05, 3.63) is 61.6 Å². The van der Waals surface area contributed by atoms with E-state index < -0.39 is 0 Å². The summed E-state index contributed by atoms with van der Waals surface area (Å²) in [6.45, 7) is 7.85. The average molecular weight is 367 g/mol. The van der Waals surface area contributed by atoms with Crippen LogP contribution in [0.25, 0.3) is 0 Å². The number of benzene rings is 2. The molecule has 0 saturated heterocycles. The van der Waals surface area contributed by atoms with E-state index >= 15 is 0 Å². The number of carbonyl (C=O) groups is 1. The lowest BCUT2D eigenvalue weighted by molar-refractivity contribution is 0.102. The van der Waals surface area contributed by atoms with Crippen LogP contribution in [0.3, 0.4) is 0 Å². The molecule has 0 bridgehead atoms. The molecule has 0 radical (unpaired) electrons. The van der Waals surface area contributed by atoms with Crippen LogP contribution in [0.1, 0.15) is 32.6 Å². The maximum atomic E-state index is 12.5. The van der Waals surface area contributed by atoms with Gasteiger partial charge in [-0.3, -0.25) is 4.79 Å². The fourth-order valence-electron chi connectivity index (χ4n) is 2.47. The summed E-state index contributed by atoms with van der Waals surface area (Å²) in [5, 5.41) is 3.56. The molecule has 0 atom stereocenters. The van der Waals surface area contributed by atoms with Crippen molar-refractivity contribution >= 4 is 39.1 Å². The van der Waals surface area contributed by atoms with Crippen molar-refractivity contribution in [2.24, 2.45) is 0 Å². The van der Waals surface area contributed by atoms with E-state index in [1.807, 2.05) is 45.9 Å². The molecule has 0 fully saturated rings. The van der Waals surface area contributed by atoms with Gasteiger partial charge in [0.15, 0.2) is 0 Å². The second kappa shape index (κ2) is 6.20. The highest BCUT2D eigenvalue weighted by Crippen LogP contribution is 2.30. The van der Waals surface area contributed by atoms with Gasteiger partial charge in [-0.2, -0.15) is 0 Å². The van der Waals surface area contributed by atoms with Crippen LogP contribution in [0.15, 0.2) is 28.7 Å². The van der Waals surface area contributed by atoms with E-state index in [9.17, 15) is 4.79 Å². The number of amides is 1. The van der Waals surface area contributed by atoms with Gasteiger partial charge >= 0.3 is 0 Å². The van der Waals surface area contributed by atoms with Crippen LogP contribution in [-0.2, 0) is 0 Å². The van der Waals surface area contributed by atoms with E-state index in [1.54, 1.807) is 6.07 Å². The Morgan fingerprint density at radius 1 is 1.00 bits per heavy atom. The Morgan fingerprint density at radius 2 is 1.57 bits per heavy atom. The van der Waals surface area contributed by atoms with Crippen LogP contribution in [0, 0.1) is 27.7 Å². The van der Waals surface area contributed by atoms with Crippen LogP contribution in [-0.4, -0.2) is 5.91 Å². The minimum absolute atomic E-state index is 0.120. The molecule has 0 aromatic heterocycles. The van der Waals surface area contributed by atoms with Crippen molar-refractivity contribution in [1.29, 1.82) is 0 Å². The Hall–Kier alpha value is -1.32. The van der Waals surface area contributed by atoms with Crippen molar-refractivity contribution in [1.82, 2.24) is 0 Å².